The van der Waals surface area contributed by atoms with Crippen molar-refractivity contribution in [3.63, 3.8) is 0 Å². The topological polar surface area (TPSA) is 72.2 Å². The predicted octanol–water partition coefficient (Wildman–Crippen LogP) is 5.56. The van der Waals surface area contributed by atoms with E-state index in [-0.39, 0.29) is 11.0 Å². The molecule has 2 aliphatic carbocycles. The van der Waals surface area contributed by atoms with Gasteiger partial charge in [0.2, 0.25) is 5.95 Å². The average Bonchev–Trinajstić information content (AvgIpc) is 2.92. The number of hydrogen-bond acceptors (Lipinski definition) is 5. The van der Waals surface area contributed by atoms with Gasteiger partial charge in [-0.3, -0.25) is 14.3 Å². The first-order chi connectivity index (χ1) is 17.7. The number of nitrogens with zero attached hydrogens (tertiary/aromatic N) is 4. The zero-order chi connectivity index (χ0) is 24.4. The molecular formula is C30H29N5O. The highest BCUT2D eigenvalue weighted by molar-refractivity contribution is 5.79. The van der Waals surface area contributed by atoms with Gasteiger partial charge < -0.3 is 0 Å². The third-order valence-electron chi connectivity index (χ3n) is 7.58. The summed E-state index contributed by atoms with van der Waals surface area (Å²) in [6, 6.07) is 22.3. The molecule has 1 saturated carbocycles. The fourth-order valence-corrected chi connectivity index (χ4v) is 5.85. The fraction of sp³-hybridized carbons (Fsp3) is 0.267. The minimum absolute atomic E-state index is 0.0434. The van der Waals surface area contributed by atoms with Gasteiger partial charge in [-0.05, 0) is 48.1 Å². The minimum Gasteiger partial charge on any atom is -0.273 e. The Morgan fingerprint density at radius 3 is 2.50 bits per heavy atom. The minimum atomic E-state index is -0.150. The van der Waals surface area contributed by atoms with E-state index in [9.17, 15) is 4.79 Å². The fourth-order valence-electron chi connectivity index (χ4n) is 5.85. The van der Waals surface area contributed by atoms with E-state index < -0.39 is 0 Å². The highest BCUT2D eigenvalue weighted by Crippen LogP contribution is 2.48. The van der Waals surface area contributed by atoms with Crippen LogP contribution in [0.1, 0.15) is 54.4 Å². The molecule has 0 unspecified atom stereocenters. The van der Waals surface area contributed by atoms with Crippen LogP contribution in [0.3, 0.4) is 0 Å². The molecule has 0 saturated heterocycles. The molecule has 180 valence electrons. The molecule has 4 aromatic rings. The Morgan fingerprint density at radius 1 is 0.944 bits per heavy atom. The van der Waals surface area contributed by atoms with Gasteiger partial charge in [-0.1, -0.05) is 73.9 Å². The van der Waals surface area contributed by atoms with Crippen LogP contribution in [0.2, 0.25) is 0 Å². The van der Waals surface area contributed by atoms with Crippen molar-refractivity contribution in [1.29, 1.82) is 0 Å². The quantitative estimate of drug-likeness (QED) is 0.303. The van der Waals surface area contributed by atoms with Gasteiger partial charge in [0.1, 0.15) is 0 Å². The second-order valence-electron chi connectivity index (χ2n) is 9.86. The summed E-state index contributed by atoms with van der Waals surface area (Å²) in [6.07, 6.45) is 11.7. The molecule has 1 fully saturated rings. The monoisotopic (exact) mass is 475 g/mol. The first-order valence-corrected chi connectivity index (χ1v) is 12.7. The standard InChI is InChI=1S/C30H29N5O/c36-28-26-27(25-12-6-5-11-24(25)19-30(26)15-7-2-8-16-30)33-29(34-32-20-22-13-17-31-18-14-22)35(28)21-23-9-3-1-4-10-23/h1,3-6,9-14,17-18,20H,2,7-8,15-16,19,21H2,(H,33,34)/b32-20+. The number of fused-ring (bicyclic) bond motifs is 4. The molecule has 0 atom stereocenters. The number of hydrogen-bond donors (Lipinski definition) is 1. The molecule has 0 bridgehead atoms. The van der Waals surface area contributed by atoms with E-state index in [2.05, 4.69) is 33.7 Å². The van der Waals surface area contributed by atoms with Crippen LogP contribution in [0.15, 0.2) is 89.0 Å². The molecule has 6 heteroatoms. The van der Waals surface area contributed by atoms with Gasteiger partial charge in [0.25, 0.3) is 5.56 Å². The smallest absolute Gasteiger partial charge is 0.259 e. The summed E-state index contributed by atoms with van der Waals surface area (Å²) in [6.45, 7) is 0.435. The van der Waals surface area contributed by atoms with Crippen LogP contribution in [-0.4, -0.2) is 20.7 Å². The molecule has 1 N–H and O–H groups in total. The van der Waals surface area contributed by atoms with Crippen LogP contribution in [-0.2, 0) is 18.4 Å². The summed E-state index contributed by atoms with van der Waals surface area (Å²) in [5.74, 6) is 0.454. The number of hydrazone groups is 1. The number of aromatic nitrogens is 3. The summed E-state index contributed by atoms with van der Waals surface area (Å²) in [7, 11) is 0. The number of benzene rings is 2. The van der Waals surface area contributed by atoms with E-state index in [1.54, 1.807) is 23.2 Å². The van der Waals surface area contributed by atoms with E-state index in [0.29, 0.717) is 12.5 Å². The van der Waals surface area contributed by atoms with Crippen molar-refractivity contribution in [1.82, 2.24) is 14.5 Å². The second kappa shape index (κ2) is 9.53. The second-order valence-corrected chi connectivity index (χ2v) is 9.86. The third-order valence-corrected chi connectivity index (χ3v) is 7.58. The Bertz CT molecular complexity index is 1450. The first kappa shape index (κ1) is 22.4. The highest BCUT2D eigenvalue weighted by atomic mass is 16.1. The molecule has 2 aliphatic rings. The van der Waals surface area contributed by atoms with Gasteiger partial charge in [-0.2, -0.15) is 5.10 Å². The highest BCUT2D eigenvalue weighted by Gasteiger charge is 2.43. The summed E-state index contributed by atoms with van der Waals surface area (Å²) in [4.78, 5) is 23.6. The maximum absolute atomic E-state index is 14.4. The van der Waals surface area contributed by atoms with E-state index in [1.165, 1.54) is 12.0 Å². The molecule has 2 heterocycles. The number of rotatable bonds is 5. The zero-order valence-electron chi connectivity index (χ0n) is 20.2. The number of nitrogens with one attached hydrogen (secondary N) is 1. The van der Waals surface area contributed by atoms with Gasteiger partial charge in [-0.15, -0.1) is 0 Å². The van der Waals surface area contributed by atoms with Crippen molar-refractivity contribution >= 4 is 12.2 Å². The van der Waals surface area contributed by atoms with Crippen LogP contribution in [0.4, 0.5) is 5.95 Å². The lowest BCUT2D eigenvalue weighted by Crippen LogP contribution is -2.43. The lowest BCUT2D eigenvalue weighted by Gasteiger charge is -2.42. The Labute approximate surface area is 210 Å². The van der Waals surface area contributed by atoms with Crippen molar-refractivity contribution in [2.75, 3.05) is 5.43 Å². The Morgan fingerprint density at radius 2 is 1.69 bits per heavy atom. The molecular weight excluding hydrogens is 446 g/mol. The largest absolute Gasteiger partial charge is 0.273 e. The van der Waals surface area contributed by atoms with E-state index in [4.69, 9.17) is 4.98 Å². The molecule has 2 aromatic heterocycles. The van der Waals surface area contributed by atoms with Crippen LogP contribution in [0.5, 0.6) is 0 Å². The molecule has 0 amide bonds. The Balaban J connectivity index is 1.52. The third kappa shape index (κ3) is 4.13. The maximum Gasteiger partial charge on any atom is 0.259 e. The van der Waals surface area contributed by atoms with Gasteiger partial charge >= 0.3 is 0 Å². The van der Waals surface area contributed by atoms with Gasteiger partial charge in [0, 0.05) is 23.4 Å². The Kier molecular flexibility index (Phi) is 5.93. The summed E-state index contributed by atoms with van der Waals surface area (Å²) in [5.41, 5.74) is 9.01. The van der Waals surface area contributed by atoms with Crippen molar-refractivity contribution < 1.29 is 0 Å². The van der Waals surface area contributed by atoms with Crippen LogP contribution >= 0.6 is 0 Å². The van der Waals surface area contributed by atoms with E-state index in [1.807, 2.05) is 48.5 Å². The SMILES string of the molecule is O=c1c2c(nc(N/N=C/c3ccncc3)n1Cc1ccccc1)-c1ccccc1CC21CCCCC1. The van der Waals surface area contributed by atoms with Gasteiger partial charge in [0.15, 0.2) is 0 Å². The van der Waals surface area contributed by atoms with Crippen LogP contribution < -0.4 is 11.0 Å². The lowest BCUT2D eigenvalue weighted by atomic mass is 9.62. The lowest BCUT2D eigenvalue weighted by molar-refractivity contribution is 0.283. The average molecular weight is 476 g/mol. The van der Waals surface area contributed by atoms with Gasteiger partial charge in [0.05, 0.1) is 24.0 Å². The number of pyridine rings is 1. The van der Waals surface area contributed by atoms with Crippen molar-refractivity contribution in [2.24, 2.45) is 5.10 Å². The zero-order valence-corrected chi connectivity index (χ0v) is 20.2. The summed E-state index contributed by atoms with van der Waals surface area (Å²) >= 11 is 0. The van der Waals surface area contributed by atoms with Crippen LogP contribution in [0, 0.1) is 0 Å². The molecule has 6 rings (SSSR count). The predicted molar refractivity (Wildman–Crippen MR) is 143 cm³/mol. The van der Waals surface area contributed by atoms with E-state index >= 15 is 0 Å². The first-order valence-electron chi connectivity index (χ1n) is 12.7. The van der Waals surface area contributed by atoms with Crippen LogP contribution in [0.25, 0.3) is 11.3 Å². The maximum atomic E-state index is 14.4. The Hall–Kier alpha value is -4.06. The summed E-state index contributed by atoms with van der Waals surface area (Å²) in [5, 5.41) is 4.44. The number of anilines is 1. The molecule has 0 radical (unpaired) electrons. The van der Waals surface area contributed by atoms with Crippen molar-refractivity contribution in [3.05, 3.63) is 112 Å². The molecule has 6 nitrogen and oxygen atoms in total. The normalized spacial score (nSPS) is 16.0. The van der Waals surface area contributed by atoms with Crippen molar-refractivity contribution in [3.8, 4) is 11.3 Å². The van der Waals surface area contributed by atoms with Crippen molar-refractivity contribution in [2.45, 2.75) is 50.5 Å². The van der Waals surface area contributed by atoms with Gasteiger partial charge in [-0.25, -0.2) is 10.4 Å². The molecule has 1 spiro atoms. The molecule has 0 aliphatic heterocycles. The summed E-state index contributed by atoms with van der Waals surface area (Å²) < 4.78 is 1.77. The van der Waals surface area contributed by atoms with E-state index in [0.717, 1.165) is 60.1 Å². The molecule has 36 heavy (non-hydrogen) atoms. The molecule has 2 aromatic carbocycles.